The molecule has 2 fully saturated rings. The molecule has 2 aromatic carbocycles. The highest BCUT2D eigenvalue weighted by atomic mass is 35.5. The van der Waals surface area contributed by atoms with Crippen LogP contribution in [0.2, 0.25) is 20.1 Å². The number of carbonyl (C=O) groups is 3. The molecular formula is C24H22Cl4N4O6S. The van der Waals surface area contributed by atoms with Crippen LogP contribution in [-0.2, 0) is 29.9 Å². The van der Waals surface area contributed by atoms with E-state index < -0.39 is 56.8 Å². The second-order valence-electron chi connectivity index (χ2n) is 10.3. The van der Waals surface area contributed by atoms with Gasteiger partial charge in [0, 0.05) is 38.9 Å². The smallest absolute Gasteiger partial charge is 0.250 e. The molecule has 208 valence electrons. The van der Waals surface area contributed by atoms with Gasteiger partial charge in [0.05, 0.1) is 34.4 Å². The fourth-order valence-electron chi connectivity index (χ4n) is 6.18. The molecule has 5 rings (SSSR count). The van der Waals surface area contributed by atoms with E-state index in [9.17, 15) is 27.9 Å². The Morgan fingerprint density at radius 2 is 1.67 bits per heavy atom. The van der Waals surface area contributed by atoms with Crippen LogP contribution < -0.4 is 15.4 Å². The maximum Gasteiger partial charge on any atom is 0.250 e. The molecule has 0 aromatic heterocycles. The molecule has 5 atom stereocenters. The summed E-state index contributed by atoms with van der Waals surface area (Å²) in [6, 6.07) is 6.35. The van der Waals surface area contributed by atoms with Gasteiger partial charge in [0.2, 0.25) is 21.8 Å². The van der Waals surface area contributed by atoms with Crippen molar-refractivity contribution in [2.75, 3.05) is 23.4 Å². The lowest BCUT2D eigenvalue weighted by molar-refractivity contribution is -0.139. The molecule has 10 nitrogen and oxygen atoms in total. The molecule has 2 saturated heterocycles. The largest absolute Gasteiger partial charge is 0.389 e. The minimum Gasteiger partial charge on any atom is -0.389 e. The molecule has 4 unspecified atom stereocenters. The number of rotatable bonds is 4. The number of amides is 3. The van der Waals surface area contributed by atoms with Gasteiger partial charge < -0.3 is 15.7 Å². The van der Waals surface area contributed by atoms with E-state index in [1.807, 2.05) is 4.72 Å². The molecule has 0 aliphatic carbocycles. The molecule has 0 radical (unpaired) electrons. The number of hydrogen-bond acceptors (Lipinski definition) is 7. The molecule has 3 aliphatic heterocycles. The quantitative estimate of drug-likeness (QED) is 0.404. The summed E-state index contributed by atoms with van der Waals surface area (Å²) in [7, 11) is -4.10. The van der Waals surface area contributed by atoms with Crippen molar-refractivity contribution in [3.8, 4) is 0 Å². The molecule has 1 spiro atoms. The minimum absolute atomic E-state index is 0.00268. The van der Waals surface area contributed by atoms with E-state index in [1.54, 1.807) is 11.8 Å². The summed E-state index contributed by atoms with van der Waals surface area (Å²) in [6.45, 7) is 1.44. The number of fused-ring (bicyclic) bond motifs is 4. The first-order chi connectivity index (χ1) is 18.0. The normalized spacial score (nSPS) is 29.7. The van der Waals surface area contributed by atoms with Gasteiger partial charge in [-0.25, -0.2) is 8.42 Å². The van der Waals surface area contributed by atoms with Gasteiger partial charge in [-0.1, -0.05) is 46.4 Å². The number of sulfonamides is 1. The van der Waals surface area contributed by atoms with E-state index in [1.165, 1.54) is 30.3 Å². The Morgan fingerprint density at radius 1 is 1.05 bits per heavy atom. The average Bonchev–Trinajstić information content (AvgIpc) is 3.32. The third kappa shape index (κ3) is 4.77. The van der Waals surface area contributed by atoms with Gasteiger partial charge >= 0.3 is 0 Å². The maximum absolute atomic E-state index is 13.9. The number of carbonyl (C=O) groups excluding carboxylic acids is 3. The Morgan fingerprint density at radius 3 is 2.28 bits per heavy atom. The van der Waals surface area contributed by atoms with Crippen molar-refractivity contribution in [2.24, 2.45) is 11.8 Å². The zero-order chi connectivity index (χ0) is 28.7. The topological polar surface area (TPSA) is 145 Å². The number of halogens is 4. The van der Waals surface area contributed by atoms with Crippen LogP contribution in [0, 0.1) is 11.8 Å². The van der Waals surface area contributed by atoms with Gasteiger partial charge in [0.15, 0.2) is 0 Å². The second kappa shape index (κ2) is 9.47. The van der Waals surface area contributed by atoms with E-state index in [2.05, 4.69) is 10.6 Å². The van der Waals surface area contributed by atoms with Crippen molar-refractivity contribution in [1.29, 1.82) is 0 Å². The van der Waals surface area contributed by atoms with E-state index in [4.69, 9.17) is 46.4 Å². The van der Waals surface area contributed by atoms with Crippen molar-refractivity contribution in [3.63, 3.8) is 0 Å². The molecule has 39 heavy (non-hydrogen) atoms. The summed E-state index contributed by atoms with van der Waals surface area (Å²) < 4.78 is 26.3. The molecule has 2 aromatic rings. The lowest BCUT2D eigenvalue weighted by atomic mass is 9.72. The predicted molar refractivity (Wildman–Crippen MR) is 148 cm³/mol. The Labute approximate surface area is 244 Å². The number of aliphatic hydroxyl groups is 1. The molecule has 15 heteroatoms. The summed E-state index contributed by atoms with van der Waals surface area (Å²) in [5, 5.41) is 17.2. The van der Waals surface area contributed by atoms with Crippen LogP contribution in [0.4, 0.5) is 11.4 Å². The third-order valence-corrected chi connectivity index (χ3v) is 8.81. The van der Waals surface area contributed by atoms with Gasteiger partial charge in [0.1, 0.15) is 5.54 Å². The number of nitrogens with zero attached hydrogens (tertiary/aromatic N) is 1. The van der Waals surface area contributed by atoms with E-state index >= 15 is 0 Å². The zero-order valence-electron chi connectivity index (χ0n) is 20.4. The molecule has 0 bridgehead atoms. The number of hydrogen-bond donors (Lipinski definition) is 4. The molecule has 3 aliphatic rings. The van der Waals surface area contributed by atoms with Crippen molar-refractivity contribution < 1.29 is 27.9 Å². The zero-order valence-corrected chi connectivity index (χ0v) is 24.2. The van der Waals surface area contributed by atoms with Crippen LogP contribution in [-0.4, -0.2) is 60.6 Å². The lowest BCUT2D eigenvalue weighted by Gasteiger charge is -2.37. The van der Waals surface area contributed by atoms with Crippen LogP contribution in [0.5, 0.6) is 0 Å². The van der Waals surface area contributed by atoms with Crippen LogP contribution in [0.25, 0.3) is 0 Å². The summed E-state index contributed by atoms with van der Waals surface area (Å²) in [5.74, 6) is -5.37. The highest BCUT2D eigenvalue weighted by Gasteiger charge is 2.73. The SMILES string of the molecule is C[C@]1(O)CC2C(C(=O)Nc3cc(Cl)cc(Cl)c3)C(C(=O)NS(C)(=O)=O)C3(C(=O)Nc4c(Cl)cc(Cl)cc43)N2C1. The monoisotopic (exact) mass is 634 g/mol. The van der Waals surface area contributed by atoms with Gasteiger partial charge in [-0.05, 0) is 43.7 Å². The van der Waals surface area contributed by atoms with Crippen molar-refractivity contribution in [1.82, 2.24) is 9.62 Å². The average molecular weight is 636 g/mol. The summed E-state index contributed by atoms with van der Waals surface area (Å²) in [4.78, 5) is 43.2. The Bertz CT molecular complexity index is 1530. The predicted octanol–water partition coefficient (Wildman–Crippen LogP) is 3.23. The highest BCUT2D eigenvalue weighted by molar-refractivity contribution is 7.89. The standard InChI is InChI=1S/C24H22Cl4N4O6S/c1-23(36)8-16-17(20(33)29-13-4-10(25)3-11(26)5-13)18(21(34)31-39(2,37)38)24(32(16)9-23)14-6-12(27)7-15(28)19(14)30-22(24)35/h3-7,16-18,36H,8-9H2,1-2H3,(H,29,33)(H,30,35)(H,31,34)/t16?,17?,18?,23-,24?/m0/s1. The van der Waals surface area contributed by atoms with Gasteiger partial charge in [0.25, 0.3) is 5.91 Å². The molecule has 3 heterocycles. The summed E-state index contributed by atoms with van der Waals surface area (Å²) in [5.41, 5.74) is -2.67. The first-order valence-corrected chi connectivity index (χ1v) is 15.0. The Hall–Kier alpha value is -2.12. The number of nitrogens with one attached hydrogen (secondary N) is 3. The number of anilines is 2. The molecule has 0 saturated carbocycles. The fourth-order valence-corrected chi connectivity index (χ4v) is 7.74. The molecular weight excluding hydrogens is 614 g/mol. The van der Waals surface area contributed by atoms with Gasteiger partial charge in [-0.15, -0.1) is 0 Å². The summed E-state index contributed by atoms with van der Waals surface area (Å²) >= 11 is 24.9. The maximum atomic E-state index is 13.9. The van der Waals surface area contributed by atoms with E-state index in [0.717, 1.165) is 6.26 Å². The van der Waals surface area contributed by atoms with E-state index in [-0.39, 0.29) is 50.0 Å². The van der Waals surface area contributed by atoms with Crippen molar-refractivity contribution >= 4 is 85.5 Å². The first-order valence-electron chi connectivity index (χ1n) is 11.6. The fraction of sp³-hybridized carbons (Fsp3) is 0.375. The Kier molecular flexibility index (Phi) is 6.90. The van der Waals surface area contributed by atoms with Crippen LogP contribution in [0.1, 0.15) is 18.9 Å². The number of benzene rings is 2. The molecule has 4 N–H and O–H groups in total. The minimum atomic E-state index is -4.10. The van der Waals surface area contributed by atoms with Crippen LogP contribution in [0.3, 0.4) is 0 Å². The van der Waals surface area contributed by atoms with Crippen LogP contribution in [0.15, 0.2) is 30.3 Å². The van der Waals surface area contributed by atoms with Crippen LogP contribution >= 0.6 is 46.4 Å². The van der Waals surface area contributed by atoms with Gasteiger partial charge in [-0.3, -0.25) is 24.0 Å². The van der Waals surface area contributed by atoms with Crippen molar-refractivity contribution in [2.45, 2.75) is 30.5 Å². The second-order valence-corrected chi connectivity index (χ2v) is 13.8. The summed E-state index contributed by atoms with van der Waals surface area (Å²) in [6.07, 6.45) is 0.792. The van der Waals surface area contributed by atoms with Crippen molar-refractivity contribution in [3.05, 3.63) is 56.0 Å². The Balaban J connectivity index is 1.73. The van der Waals surface area contributed by atoms with Gasteiger partial charge in [-0.2, -0.15) is 0 Å². The van der Waals surface area contributed by atoms with E-state index in [0.29, 0.717) is 0 Å². The third-order valence-electron chi connectivity index (χ3n) is 7.29. The molecule has 3 amide bonds. The highest BCUT2D eigenvalue weighted by Crippen LogP contribution is 2.60. The first kappa shape index (κ1) is 28.4. The lowest BCUT2D eigenvalue weighted by Crippen LogP contribution is -2.57.